The van der Waals surface area contributed by atoms with Crippen LogP contribution in [0.3, 0.4) is 0 Å². The number of benzene rings is 1. The third kappa shape index (κ3) is 4.86. The molecule has 0 saturated heterocycles. The first kappa shape index (κ1) is 21.5. The summed E-state index contributed by atoms with van der Waals surface area (Å²) in [4.78, 5) is 24.4. The Morgan fingerprint density at radius 3 is 2.72 bits per heavy atom. The number of fused-ring (bicyclic) bond motifs is 1. The molecule has 1 aromatic carbocycles. The maximum absolute atomic E-state index is 12.4. The molecule has 9 heteroatoms. The van der Waals surface area contributed by atoms with Crippen LogP contribution >= 0.6 is 23.2 Å². The SMILES string of the molecule is Cc1c(C(=O)NNC(=O)COc2ccc(Cl)cc2Cl)oc2c1C(O)CC(C)(C)C2. The Kier molecular flexibility index (Phi) is 6.12. The van der Waals surface area contributed by atoms with Crippen molar-refractivity contribution in [2.24, 2.45) is 5.41 Å². The van der Waals surface area contributed by atoms with Crippen LogP contribution < -0.4 is 15.6 Å². The first-order chi connectivity index (χ1) is 13.6. The van der Waals surface area contributed by atoms with Crippen LogP contribution in [0.25, 0.3) is 0 Å². The molecule has 29 heavy (non-hydrogen) atoms. The molecule has 1 aliphatic carbocycles. The summed E-state index contributed by atoms with van der Waals surface area (Å²) < 4.78 is 11.0. The molecule has 0 saturated carbocycles. The van der Waals surface area contributed by atoms with Crippen molar-refractivity contribution in [3.63, 3.8) is 0 Å². The zero-order chi connectivity index (χ0) is 21.3. The van der Waals surface area contributed by atoms with Gasteiger partial charge < -0.3 is 14.3 Å². The number of hydrogen-bond acceptors (Lipinski definition) is 5. The summed E-state index contributed by atoms with van der Waals surface area (Å²) in [5.74, 6) is -0.236. The molecule has 2 amide bonds. The van der Waals surface area contributed by atoms with Gasteiger partial charge in [-0.1, -0.05) is 37.0 Å². The zero-order valence-corrected chi connectivity index (χ0v) is 17.8. The summed E-state index contributed by atoms with van der Waals surface area (Å²) in [7, 11) is 0. The Bertz CT molecular complexity index is 955. The average molecular weight is 441 g/mol. The van der Waals surface area contributed by atoms with Crippen LogP contribution in [-0.4, -0.2) is 23.5 Å². The summed E-state index contributed by atoms with van der Waals surface area (Å²) in [5.41, 5.74) is 5.65. The third-order valence-electron chi connectivity index (χ3n) is 4.76. The highest BCUT2D eigenvalue weighted by Crippen LogP contribution is 2.43. The van der Waals surface area contributed by atoms with Gasteiger partial charge in [0.05, 0.1) is 11.1 Å². The molecular formula is C20H22Cl2N2O5. The number of aliphatic hydroxyl groups excluding tert-OH is 1. The van der Waals surface area contributed by atoms with Gasteiger partial charge in [0, 0.05) is 22.6 Å². The van der Waals surface area contributed by atoms with E-state index < -0.39 is 17.9 Å². The van der Waals surface area contributed by atoms with Crippen LogP contribution in [0.15, 0.2) is 22.6 Å². The van der Waals surface area contributed by atoms with Crippen LogP contribution in [0.1, 0.15) is 53.8 Å². The predicted molar refractivity (Wildman–Crippen MR) is 108 cm³/mol. The van der Waals surface area contributed by atoms with Crippen molar-refractivity contribution in [3.8, 4) is 5.75 Å². The normalized spacial score (nSPS) is 17.4. The van der Waals surface area contributed by atoms with E-state index in [2.05, 4.69) is 10.9 Å². The van der Waals surface area contributed by atoms with Crippen molar-refractivity contribution in [1.82, 2.24) is 10.9 Å². The van der Waals surface area contributed by atoms with Crippen molar-refractivity contribution in [3.05, 3.63) is 50.9 Å². The molecule has 0 bridgehead atoms. The largest absolute Gasteiger partial charge is 0.482 e. The highest BCUT2D eigenvalue weighted by Gasteiger charge is 2.37. The number of aliphatic hydroxyl groups is 1. The minimum Gasteiger partial charge on any atom is -0.482 e. The van der Waals surface area contributed by atoms with Gasteiger partial charge in [0.25, 0.3) is 5.91 Å². The van der Waals surface area contributed by atoms with Gasteiger partial charge in [-0.05, 0) is 37.0 Å². The minimum atomic E-state index is -0.689. The molecule has 0 aliphatic heterocycles. The van der Waals surface area contributed by atoms with E-state index in [1.54, 1.807) is 19.1 Å². The number of furan rings is 1. The van der Waals surface area contributed by atoms with E-state index in [0.717, 1.165) is 0 Å². The van der Waals surface area contributed by atoms with E-state index in [1.165, 1.54) is 6.07 Å². The molecule has 0 spiro atoms. The fourth-order valence-electron chi connectivity index (χ4n) is 3.46. The number of carbonyl (C=O) groups is 2. The van der Waals surface area contributed by atoms with Crippen LogP contribution in [0.5, 0.6) is 5.75 Å². The van der Waals surface area contributed by atoms with Gasteiger partial charge in [0.15, 0.2) is 12.4 Å². The quantitative estimate of drug-likeness (QED) is 0.628. The van der Waals surface area contributed by atoms with E-state index in [4.69, 9.17) is 32.4 Å². The van der Waals surface area contributed by atoms with E-state index in [0.29, 0.717) is 40.5 Å². The molecule has 3 rings (SSSR count). The Morgan fingerprint density at radius 1 is 1.31 bits per heavy atom. The lowest BCUT2D eigenvalue weighted by molar-refractivity contribution is -0.123. The number of ether oxygens (including phenoxy) is 1. The summed E-state index contributed by atoms with van der Waals surface area (Å²) >= 11 is 11.8. The van der Waals surface area contributed by atoms with Gasteiger partial charge in [-0.15, -0.1) is 0 Å². The van der Waals surface area contributed by atoms with Gasteiger partial charge in [0.1, 0.15) is 11.5 Å². The fourth-order valence-corrected chi connectivity index (χ4v) is 3.92. The Labute approximate surface area is 178 Å². The standard InChI is InChI=1S/C20H22Cl2N2O5/c1-10-17-13(25)7-20(2,3)8-15(17)29-18(10)19(27)24-23-16(26)9-28-14-5-4-11(21)6-12(14)22/h4-6,13,25H,7-9H2,1-3H3,(H,23,26)(H,24,27). The molecule has 2 aromatic rings. The fraction of sp³-hybridized carbons (Fsp3) is 0.400. The van der Waals surface area contributed by atoms with E-state index >= 15 is 0 Å². The molecule has 3 N–H and O–H groups in total. The lowest BCUT2D eigenvalue weighted by Gasteiger charge is -2.31. The van der Waals surface area contributed by atoms with Crippen molar-refractivity contribution in [1.29, 1.82) is 0 Å². The summed E-state index contributed by atoms with van der Waals surface area (Å²) in [6.45, 7) is 5.42. The molecule has 1 aliphatic rings. The van der Waals surface area contributed by atoms with E-state index in [9.17, 15) is 14.7 Å². The number of amides is 2. The van der Waals surface area contributed by atoms with Gasteiger partial charge in [-0.25, -0.2) is 0 Å². The Balaban J connectivity index is 1.59. The second-order valence-electron chi connectivity index (χ2n) is 7.82. The molecule has 156 valence electrons. The van der Waals surface area contributed by atoms with Gasteiger partial charge in [-0.3, -0.25) is 20.4 Å². The second kappa shape index (κ2) is 8.26. The second-order valence-corrected chi connectivity index (χ2v) is 8.66. The minimum absolute atomic E-state index is 0.0636. The molecule has 1 unspecified atom stereocenters. The van der Waals surface area contributed by atoms with Crippen molar-refractivity contribution < 1.29 is 23.8 Å². The van der Waals surface area contributed by atoms with Crippen LogP contribution in [-0.2, 0) is 11.2 Å². The van der Waals surface area contributed by atoms with E-state index in [-0.39, 0.29) is 22.8 Å². The molecule has 7 nitrogen and oxygen atoms in total. The number of hydrogen-bond donors (Lipinski definition) is 3. The molecule has 1 heterocycles. The highest BCUT2D eigenvalue weighted by molar-refractivity contribution is 6.35. The van der Waals surface area contributed by atoms with Crippen molar-refractivity contribution in [2.45, 2.75) is 39.7 Å². The van der Waals surface area contributed by atoms with Gasteiger partial charge >= 0.3 is 5.91 Å². The first-order valence-corrected chi connectivity index (χ1v) is 9.80. The molecule has 1 atom stereocenters. The molecule has 1 aromatic heterocycles. The zero-order valence-electron chi connectivity index (χ0n) is 16.3. The van der Waals surface area contributed by atoms with Crippen LogP contribution in [0.4, 0.5) is 0 Å². The highest BCUT2D eigenvalue weighted by atomic mass is 35.5. The van der Waals surface area contributed by atoms with Crippen LogP contribution in [0, 0.1) is 12.3 Å². The maximum Gasteiger partial charge on any atom is 0.305 e. The summed E-state index contributed by atoms with van der Waals surface area (Å²) in [6.07, 6.45) is 0.518. The molecule has 0 fully saturated rings. The number of hydrazine groups is 1. The lowest BCUT2D eigenvalue weighted by atomic mass is 9.75. The maximum atomic E-state index is 12.4. The lowest BCUT2D eigenvalue weighted by Crippen LogP contribution is -2.43. The predicted octanol–water partition coefficient (Wildman–Crippen LogP) is 3.74. The average Bonchev–Trinajstić information content (AvgIpc) is 2.94. The number of carbonyl (C=O) groups excluding carboxylic acids is 2. The monoisotopic (exact) mass is 440 g/mol. The summed E-state index contributed by atoms with van der Waals surface area (Å²) in [5, 5.41) is 11.1. The number of rotatable bonds is 4. The Morgan fingerprint density at radius 2 is 2.03 bits per heavy atom. The number of nitrogens with one attached hydrogen (secondary N) is 2. The first-order valence-electron chi connectivity index (χ1n) is 9.04. The van der Waals surface area contributed by atoms with Crippen molar-refractivity contribution >= 4 is 35.0 Å². The van der Waals surface area contributed by atoms with E-state index in [1.807, 2.05) is 13.8 Å². The Hall–Kier alpha value is -2.22. The molecule has 0 radical (unpaired) electrons. The third-order valence-corrected chi connectivity index (χ3v) is 5.29. The van der Waals surface area contributed by atoms with Crippen LogP contribution in [0.2, 0.25) is 10.0 Å². The van der Waals surface area contributed by atoms with Gasteiger partial charge in [-0.2, -0.15) is 0 Å². The van der Waals surface area contributed by atoms with Crippen molar-refractivity contribution in [2.75, 3.05) is 6.61 Å². The smallest absolute Gasteiger partial charge is 0.305 e. The summed E-state index contributed by atoms with van der Waals surface area (Å²) in [6, 6.07) is 4.62. The topological polar surface area (TPSA) is 101 Å². The molecular weight excluding hydrogens is 419 g/mol. The van der Waals surface area contributed by atoms with Gasteiger partial charge in [0.2, 0.25) is 0 Å². The number of halogens is 2.